The minimum atomic E-state index is -0.388. The monoisotopic (exact) mass is 263 g/mol. The van der Waals surface area contributed by atoms with Crippen LogP contribution in [0.3, 0.4) is 0 Å². The second-order valence-corrected chi connectivity index (χ2v) is 4.65. The van der Waals surface area contributed by atoms with Crippen LogP contribution in [0, 0.1) is 0 Å². The van der Waals surface area contributed by atoms with Crippen molar-refractivity contribution in [3.05, 3.63) is 20.8 Å². The summed E-state index contributed by atoms with van der Waals surface area (Å²) in [7, 11) is 0. The maximum absolute atomic E-state index is 9.73. The molecule has 1 atom stereocenters. The second kappa shape index (κ2) is 5.75. The largest absolute Gasteiger partial charge is 0.386 e. The van der Waals surface area contributed by atoms with Gasteiger partial charge >= 0.3 is 0 Å². The predicted molar refractivity (Wildman–Crippen MR) is 60.1 cm³/mol. The van der Waals surface area contributed by atoms with Crippen molar-refractivity contribution in [3.8, 4) is 0 Å². The summed E-state index contributed by atoms with van der Waals surface area (Å²) >= 11 is 4.98. The summed E-state index contributed by atoms with van der Waals surface area (Å²) in [6.07, 6.45) is 0.708. The number of nitrogens with one attached hydrogen (secondary N) is 1. The average Bonchev–Trinajstić information content (AvgIpc) is 2.52. The van der Waals surface area contributed by atoms with Crippen molar-refractivity contribution in [2.75, 3.05) is 13.1 Å². The van der Waals surface area contributed by atoms with Gasteiger partial charge in [0.05, 0.1) is 0 Å². The zero-order valence-corrected chi connectivity index (χ0v) is 9.99. The van der Waals surface area contributed by atoms with Crippen LogP contribution in [0.15, 0.2) is 15.9 Å². The summed E-state index contributed by atoms with van der Waals surface area (Å²) in [6.45, 7) is 3.70. The van der Waals surface area contributed by atoms with Crippen LogP contribution in [0.1, 0.15) is 24.3 Å². The molecule has 0 saturated carbocycles. The molecule has 0 radical (unpaired) electrons. The van der Waals surface area contributed by atoms with E-state index in [1.807, 2.05) is 11.4 Å². The summed E-state index contributed by atoms with van der Waals surface area (Å²) in [4.78, 5) is 1.00. The molecule has 0 bridgehead atoms. The van der Waals surface area contributed by atoms with Crippen LogP contribution in [0.4, 0.5) is 0 Å². The molecule has 0 aliphatic carbocycles. The minimum absolute atomic E-state index is 0.388. The minimum Gasteiger partial charge on any atom is -0.386 e. The number of aliphatic hydroxyl groups is 1. The third kappa shape index (κ3) is 3.38. The lowest BCUT2D eigenvalue weighted by Gasteiger charge is -2.09. The SMILES string of the molecule is CCCNCC(O)c1sccc1Br. The Labute approximate surface area is 91.1 Å². The van der Waals surface area contributed by atoms with E-state index in [1.165, 1.54) is 0 Å². The number of rotatable bonds is 5. The van der Waals surface area contributed by atoms with Gasteiger partial charge in [0.2, 0.25) is 0 Å². The van der Waals surface area contributed by atoms with Crippen LogP contribution >= 0.6 is 27.3 Å². The molecule has 2 N–H and O–H groups in total. The zero-order chi connectivity index (χ0) is 9.68. The number of aliphatic hydroxyl groups excluding tert-OH is 1. The van der Waals surface area contributed by atoms with Crippen molar-refractivity contribution >= 4 is 27.3 Å². The number of thiophene rings is 1. The standard InChI is InChI=1S/C9H14BrNOS/c1-2-4-11-6-8(12)9-7(10)3-5-13-9/h3,5,8,11-12H,2,4,6H2,1H3. The normalized spacial score (nSPS) is 13.2. The van der Waals surface area contributed by atoms with Crippen LogP contribution in [-0.4, -0.2) is 18.2 Å². The second-order valence-electron chi connectivity index (χ2n) is 2.85. The van der Waals surface area contributed by atoms with E-state index < -0.39 is 0 Å². The lowest BCUT2D eigenvalue weighted by atomic mass is 10.3. The highest BCUT2D eigenvalue weighted by atomic mass is 79.9. The lowest BCUT2D eigenvalue weighted by molar-refractivity contribution is 0.178. The quantitative estimate of drug-likeness (QED) is 0.801. The van der Waals surface area contributed by atoms with Crippen LogP contribution < -0.4 is 5.32 Å². The van der Waals surface area contributed by atoms with E-state index in [0.717, 1.165) is 22.3 Å². The van der Waals surface area contributed by atoms with Gasteiger partial charge in [0.1, 0.15) is 6.10 Å². The Morgan fingerprint density at radius 1 is 1.69 bits per heavy atom. The topological polar surface area (TPSA) is 32.3 Å². The van der Waals surface area contributed by atoms with Crippen molar-refractivity contribution in [2.24, 2.45) is 0 Å². The first-order valence-electron chi connectivity index (χ1n) is 4.37. The fourth-order valence-electron chi connectivity index (χ4n) is 1.05. The van der Waals surface area contributed by atoms with E-state index in [0.29, 0.717) is 6.54 Å². The molecule has 1 aromatic rings. The Morgan fingerprint density at radius 2 is 2.46 bits per heavy atom. The molecule has 13 heavy (non-hydrogen) atoms. The van der Waals surface area contributed by atoms with E-state index in [4.69, 9.17) is 0 Å². The Bertz CT molecular complexity index is 252. The van der Waals surface area contributed by atoms with Gasteiger partial charge in [-0.2, -0.15) is 0 Å². The van der Waals surface area contributed by atoms with Crippen molar-refractivity contribution in [2.45, 2.75) is 19.4 Å². The van der Waals surface area contributed by atoms with Gasteiger partial charge < -0.3 is 10.4 Å². The van der Waals surface area contributed by atoms with E-state index in [-0.39, 0.29) is 6.10 Å². The van der Waals surface area contributed by atoms with Crippen molar-refractivity contribution in [3.63, 3.8) is 0 Å². The molecule has 1 unspecified atom stereocenters. The van der Waals surface area contributed by atoms with E-state index >= 15 is 0 Å². The Hall–Kier alpha value is 0.100. The van der Waals surface area contributed by atoms with Crippen LogP contribution in [-0.2, 0) is 0 Å². The molecule has 1 rings (SSSR count). The fraction of sp³-hybridized carbons (Fsp3) is 0.556. The van der Waals surface area contributed by atoms with Gasteiger partial charge in [0.25, 0.3) is 0 Å². The number of hydrogen-bond acceptors (Lipinski definition) is 3. The molecule has 0 saturated heterocycles. The molecule has 0 aliphatic rings. The Kier molecular flexibility index (Phi) is 4.94. The molecular formula is C9H14BrNOS. The molecule has 2 nitrogen and oxygen atoms in total. The zero-order valence-electron chi connectivity index (χ0n) is 7.59. The number of hydrogen-bond donors (Lipinski definition) is 2. The summed E-state index contributed by atoms with van der Waals surface area (Å²) < 4.78 is 1.00. The lowest BCUT2D eigenvalue weighted by Crippen LogP contribution is -2.21. The van der Waals surface area contributed by atoms with Gasteiger partial charge in [-0.1, -0.05) is 6.92 Å². The Morgan fingerprint density at radius 3 is 3.00 bits per heavy atom. The first-order chi connectivity index (χ1) is 6.25. The van der Waals surface area contributed by atoms with Gasteiger partial charge in [-0.05, 0) is 40.3 Å². The highest BCUT2D eigenvalue weighted by molar-refractivity contribution is 9.10. The molecular weight excluding hydrogens is 250 g/mol. The first kappa shape index (κ1) is 11.2. The van der Waals surface area contributed by atoms with Gasteiger partial charge in [0, 0.05) is 15.9 Å². The van der Waals surface area contributed by atoms with Crippen LogP contribution in [0.5, 0.6) is 0 Å². The van der Waals surface area contributed by atoms with E-state index in [2.05, 4.69) is 28.2 Å². The summed E-state index contributed by atoms with van der Waals surface area (Å²) in [6, 6.07) is 1.96. The van der Waals surface area contributed by atoms with Gasteiger partial charge in [-0.3, -0.25) is 0 Å². The molecule has 1 aromatic heterocycles. The molecule has 4 heteroatoms. The summed E-state index contributed by atoms with van der Waals surface area (Å²) in [5.74, 6) is 0. The van der Waals surface area contributed by atoms with Crippen LogP contribution in [0.2, 0.25) is 0 Å². The third-order valence-corrected chi connectivity index (χ3v) is 3.68. The van der Waals surface area contributed by atoms with Crippen molar-refractivity contribution < 1.29 is 5.11 Å². The molecule has 0 spiro atoms. The van der Waals surface area contributed by atoms with Gasteiger partial charge in [-0.15, -0.1) is 11.3 Å². The fourth-order valence-corrected chi connectivity index (χ4v) is 2.67. The van der Waals surface area contributed by atoms with E-state index in [1.54, 1.807) is 11.3 Å². The Balaban J connectivity index is 2.39. The smallest absolute Gasteiger partial charge is 0.102 e. The van der Waals surface area contributed by atoms with Crippen molar-refractivity contribution in [1.82, 2.24) is 5.32 Å². The van der Waals surface area contributed by atoms with E-state index in [9.17, 15) is 5.11 Å². The van der Waals surface area contributed by atoms with Crippen LogP contribution in [0.25, 0.3) is 0 Å². The summed E-state index contributed by atoms with van der Waals surface area (Å²) in [5.41, 5.74) is 0. The molecule has 0 aliphatic heterocycles. The summed E-state index contributed by atoms with van der Waals surface area (Å²) in [5, 5.41) is 14.9. The van der Waals surface area contributed by atoms with Gasteiger partial charge in [-0.25, -0.2) is 0 Å². The average molecular weight is 264 g/mol. The molecule has 0 aromatic carbocycles. The molecule has 0 amide bonds. The van der Waals surface area contributed by atoms with Gasteiger partial charge in [0.15, 0.2) is 0 Å². The maximum atomic E-state index is 9.73. The molecule has 0 fully saturated rings. The highest BCUT2D eigenvalue weighted by Crippen LogP contribution is 2.28. The van der Waals surface area contributed by atoms with Crippen molar-refractivity contribution in [1.29, 1.82) is 0 Å². The maximum Gasteiger partial charge on any atom is 0.102 e. The highest BCUT2D eigenvalue weighted by Gasteiger charge is 2.11. The predicted octanol–water partition coefficient (Wildman–Crippen LogP) is 2.54. The number of halogens is 1. The first-order valence-corrected chi connectivity index (χ1v) is 6.04. The molecule has 1 heterocycles. The third-order valence-electron chi connectivity index (χ3n) is 1.71. The molecule has 74 valence electrons.